The van der Waals surface area contributed by atoms with Crippen LogP contribution in [-0.2, 0) is 10.7 Å². The highest BCUT2D eigenvalue weighted by molar-refractivity contribution is 7.70. The fourth-order valence-electron chi connectivity index (χ4n) is 4.43. The summed E-state index contributed by atoms with van der Waals surface area (Å²) in [6.45, 7) is 3.04. The summed E-state index contributed by atoms with van der Waals surface area (Å²) in [6, 6.07) is 5.06. The van der Waals surface area contributed by atoms with E-state index in [-0.39, 0.29) is 34.9 Å². The van der Waals surface area contributed by atoms with E-state index < -0.39 is 18.9 Å². The molecule has 0 aliphatic heterocycles. The summed E-state index contributed by atoms with van der Waals surface area (Å²) in [4.78, 5) is 11.1. The maximum absolute atomic E-state index is 13.9. The number of nitriles is 1. The number of nitrogens with zero attached hydrogens (tertiary/aromatic N) is 3. The van der Waals surface area contributed by atoms with Gasteiger partial charge >= 0.3 is 6.18 Å². The molecule has 2 aromatic heterocycles. The predicted molar refractivity (Wildman–Crippen MR) is 122 cm³/mol. The van der Waals surface area contributed by atoms with E-state index in [9.17, 15) is 23.0 Å². The molecule has 0 saturated heterocycles. The zero-order valence-electron chi connectivity index (χ0n) is 18.2. The molecule has 33 heavy (non-hydrogen) atoms. The molecule has 2 heterocycles. The SMILES string of the molecule is CP(C)(=O)c1c(C#N)ccc2c(-c3nc(N[C@H]4CCC[C@H](N)C4)ncc3C(F)(F)F)c[nH]c12. The lowest BCUT2D eigenvalue weighted by Crippen LogP contribution is -2.35. The van der Waals surface area contributed by atoms with Crippen molar-refractivity contribution in [1.29, 1.82) is 5.26 Å². The maximum atomic E-state index is 13.9. The second-order valence-corrected chi connectivity index (χ2v) is 11.9. The molecule has 1 aliphatic rings. The number of benzene rings is 1. The lowest BCUT2D eigenvalue weighted by molar-refractivity contribution is -0.137. The number of fused-ring (bicyclic) bond motifs is 1. The molecule has 1 fully saturated rings. The van der Waals surface area contributed by atoms with Crippen LogP contribution in [0.15, 0.2) is 24.5 Å². The second kappa shape index (κ2) is 8.47. The Bertz CT molecular complexity index is 1290. The van der Waals surface area contributed by atoms with Crippen LogP contribution in [0.25, 0.3) is 22.2 Å². The van der Waals surface area contributed by atoms with Gasteiger partial charge in [-0.15, -0.1) is 0 Å². The molecular formula is C22H24F3N6OP. The van der Waals surface area contributed by atoms with Gasteiger partial charge in [0.15, 0.2) is 0 Å². The van der Waals surface area contributed by atoms with Crippen LogP contribution in [0.2, 0.25) is 0 Å². The molecule has 1 saturated carbocycles. The van der Waals surface area contributed by atoms with Crippen molar-refractivity contribution in [3.63, 3.8) is 0 Å². The molecule has 4 rings (SSSR count). The number of alkyl halides is 3. The summed E-state index contributed by atoms with van der Waals surface area (Å²) >= 11 is 0. The van der Waals surface area contributed by atoms with Gasteiger partial charge in [0.05, 0.1) is 28.1 Å². The van der Waals surface area contributed by atoms with Gasteiger partial charge in [0.1, 0.15) is 12.7 Å². The number of hydrogen-bond donors (Lipinski definition) is 3. The Balaban J connectivity index is 1.87. The molecule has 0 bridgehead atoms. The van der Waals surface area contributed by atoms with Gasteiger partial charge in [-0.2, -0.15) is 18.4 Å². The van der Waals surface area contributed by atoms with Crippen LogP contribution in [-0.4, -0.2) is 40.4 Å². The van der Waals surface area contributed by atoms with Gasteiger partial charge in [0.25, 0.3) is 0 Å². The van der Waals surface area contributed by atoms with Crippen molar-refractivity contribution >= 4 is 29.3 Å². The van der Waals surface area contributed by atoms with Gasteiger partial charge in [-0.25, -0.2) is 9.97 Å². The number of anilines is 1. The molecule has 7 nitrogen and oxygen atoms in total. The first kappa shape index (κ1) is 23.3. The van der Waals surface area contributed by atoms with Gasteiger partial charge in [0.2, 0.25) is 5.95 Å². The van der Waals surface area contributed by atoms with Crippen molar-refractivity contribution in [1.82, 2.24) is 15.0 Å². The third kappa shape index (κ3) is 4.61. The summed E-state index contributed by atoms with van der Waals surface area (Å²) in [5.41, 5.74) is 5.55. The molecule has 0 amide bonds. The van der Waals surface area contributed by atoms with E-state index in [2.05, 4.69) is 20.3 Å². The van der Waals surface area contributed by atoms with E-state index in [0.717, 1.165) is 25.5 Å². The minimum atomic E-state index is -4.68. The molecule has 174 valence electrons. The Hall–Kier alpha value is -2.89. The lowest BCUT2D eigenvalue weighted by Gasteiger charge is -2.27. The van der Waals surface area contributed by atoms with Crippen LogP contribution in [0.4, 0.5) is 19.1 Å². The van der Waals surface area contributed by atoms with Crippen LogP contribution in [0.5, 0.6) is 0 Å². The second-order valence-electron chi connectivity index (χ2n) is 8.77. The standard InChI is InChI=1S/C22H24F3N6OP/c1-33(2,32)20-12(9-26)6-7-15-16(10-28-19(15)20)18-17(22(23,24)25)11-29-21(31-18)30-14-5-3-4-13(27)8-14/h6-7,10-11,13-14,28H,3-5,8,27H2,1-2H3,(H,29,30,31)/t13-,14-/m0/s1. The highest BCUT2D eigenvalue weighted by Gasteiger charge is 2.36. The molecule has 0 spiro atoms. The Morgan fingerprint density at radius 2 is 2.06 bits per heavy atom. The predicted octanol–water partition coefficient (Wildman–Crippen LogP) is 4.45. The Morgan fingerprint density at radius 3 is 2.70 bits per heavy atom. The smallest absolute Gasteiger partial charge is 0.360 e. The molecule has 3 aromatic rings. The molecule has 0 radical (unpaired) electrons. The van der Waals surface area contributed by atoms with Gasteiger partial charge in [-0.05, 0) is 45.1 Å². The summed E-state index contributed by atoms with van der Waals surface area (Å²) in [5, 5.41) is 13.3. The monoisotopic (exact) mass is 476 g/mol. The van der Waals surface area contributed by atoms with E-state index in [1.54, 1.807) is 6.07 Å². The fraction of sp³-hybridized carbons (Fsp3) is 0.409. The van der Waals surface area contributed by atoms with Crippen LogP contribution < -0.4 is 16.4 Å². The largest absolute Gasteiger partial charge is 0.419 e. The Kier molecular flexibility index (Phi) is 5.97. The van der Waals surface area contributed by atoms with Gasteiger partial charge in [-0.3, -0.25) is 0 Å². The van der Waals surface area contributed by atoms with Crippen LogP contribution in [0.1, 0.15) is 36.8 Å². The van der Waals surface area contributed by atoms with E-state index in [0.29, 0.717) is 22.6 Å². The highest BCUT2D eigenvalue weighted by Crippen LogP contribution is 2.43. The summed E-state index contributed by atoms with van der Waals surface area (Å²) in [7, 11) is -2.91. The van der Waals surface area contributed by atoms with E-state index in [1.165, 1.54) is 25.6 Å². The molecule has 0 unspecified atom stereocenters. The molecule has 1 aliphatic carbocycles. The van der Waals surface area contributed by atoms with Crippen molar-refractivity contribution < 1.29 is 17.7 Å². The van der Waals surface area contributed by atoms with Crippen LogP contribution >= 0.6 is 7.14 Å². The molecule has 4 N–H and O–H groups in total. The number of nitrogens with one attached hydrogen (secondary N) is 2. The fourth-order valence-corrected chi connectivity index (χ4v) is 5.86. The number of nitrogens with two attached hydrogens (primary N) is 1. The first-order valence-electron chi connectivity index (χ1n) is 10.6. The first-order chi connectivity index (χ1) is 15.5. The summed E-state index contributed by atoms with van der Waals surface area (Å²) < 4.78 is 54.5. The van der Waals surface area contributed by atoms with E-state index in [1.807, 2.05) is 6.07 Å². The number of H-pyrrole nitrogens is 1. The molecule has 11 heteroatoms. The zero-order chi connectivity index (χ0) is 24.0. The minimum Gasteiger partial charge on any atom is -0.360 e. The third-order valence-electron chi connectivity index (χ3n) is 5.89. The molecule has 1 aromatic carbocycles. The van der Waals surface area contributed by atoms with Crippen molar-refractivity contribution in [3.05, 3.63) is 35.7 Å². The van der Waals surface area contributed by atoms with Crippen LogP contribution in [0.3, 0.4) is 0 Å². The lowest BCUT2D eigenvalue weighted by atomic mass is 9.92. The maximum Gasteiger partial charge on any atom is 0.419 e. The van der Waals surface area contributed by atoms with Gasteiger partial charge in [0, 0.05) is 35.4 Å². The first-order valence-corrected chi connectivity index (χ1v) is 13.2. The number of aromatic amines is 1. The average molecular weight is 476 g/mol. The van der Waals surface area contributed by atoms with Crippen molar-refractivity contribution in [2.24, 2.45) is 5.73 Å². The van der Waals surface area contributed by atoms with Crippen molar-refractivity contribution in [2.75, 3.05) is 18.6 Å². The van der Waals surface area contributed by atoms with E-state index >= 15 is 0 Å². The minimum absolute atomic E-state index is 0.0165. The quantitative estimate of drug-likeness (QED) is 0.479. The zero-order valence-corrected chi connectivity index (χ0v) is 19.1. The van der Waals surface area contributed by atoms with Gasteiger partial charge in [-0.1, -0.05) is 6.07 Å². The highest BCUT2D eigenvalue weighted by atomic mass is 31.2. The average Bonchev–Trinajstić information content (AvgIpc) is 3.15. The third-order valence-corrected chi connectivity index (χ3v) is 7.43. The number of rotatable bonds is 4. The molecular weight excluding hydrogens is 452 g/mol. The van der Waals surface area contributed by atoms with Crippen molar-refractivity contribution in [2.45, 2.75) is 43.9 Å². The summed E-state index contributed by atoms with van der Waals surface area (Å²) in [6.07, 6.45) is 0.874. The topological polar surface area (TPSA) is 120 Å². The summed E-state index contributed by atoms with van der Waals surface area (Å²) in [5.74, 6) is 0.0944. The number of aromatic nitrogens is 3. The normalized spacial score (nSPS) is 19.4. The van der Waals surface area contributed by atoms with Crippen molar-refractivity contribution in [3.8, 4) is 17.3 Å². The number of hydrogen-bond acceptors (Lipinski definition) is 6. The van der Waals surface area contributed by atoms with E-state index in [4.69, 9.17) is 5.73 Å². The molecule has 2 atom stereocenters. The van der Waals surface area contributed by atoms with Crippen LogP contribution in [0, 0.1) is 11.3 Å². The Morgan fingerprint density at radius 1 is 1.30 bits per heavy atom. The van der Waals surface area contributed by atoms with Gasteiger partial charge < -0.3 is 20.6 Å². The number of halogens is 3. The Labute approximate surface area is 189 Å².